The second kappa shape index (κ2) is 6.42. The van der Waals surface area contributed by atoms with E-state index in [0.717, 1.165) is 18.5 Å². The molecule has 0 amide bonds. The molecule has 0 aliphatic heterocycles. The topological polar surface area (TPSA) is 12.0 Å². The van der Waals surface area contributed by atoms with Gasteiger partial charge in [0.15, 0.2) is 0 Å². The van der Waals surface area contributed by atoms with Gasteiger partial charge in [-0.3, -0.25) is 0 Å². The number of rotatable bonds is 5. The van der Waals surface area contributed by atoms with Crippen molar-refractivity contribution in [3.63, 3.8) is 0 Å². The third-order valence-corrected chi connectivity index (χ3v) is 3.39. The zero-order valence-corrected chi connectivity index (χ0v) is 11.9. The first-order valence-electron chi connectivity index (χ1n) is 6.66. The number of aryl methyl sites for hydroxylation is 1. The average Bonchev–Trinajstić information content (AvgIpc) is 2.27. The van der Waals surface area contributed by atoms with E-state index < -0.39 is 11.7 Å². The Morgan fingerprint density at radius 2 is 1.84 bits per heavy atom. The lowest BCUT2D eigenvalue weighted by atomic mass is 9.90. The number of hydrogen-bond donors (Lipinski definition) is 1. The van der Waals surface area contributed by atoms with Gasteiger partial charge in [0.25, 0.3) is 0 Å². The van der Waals surface area contributed by atoms with Crippen LogP contribution >= 0.6 is 0 Å². The molecule has 0 saturated carbocycles. The average molecular weight is 273 g/mol. The van der Waals surface area contributed by atoms with Gasteiger partial charge in [-0.05, 0) is 56.0 Å². The van der Waals surface area contributed by atoms with E-state index in [1.807, 2.05) is 6.92 Å². The number of hydrogen-bond acceptors (Lipinski definition) is 1. The molecule has 1 N–H and O–H groups in total. The molecule has 19 heavy (non-hydrogen) atoms. The SMILES string of the molecule is CCNC(C)CC(C)c1ccc(C(F)(F)F)cc1C. The smallest absolute Gasteiger partial charge is 0.315 e. The standard InChI is InChI=1S/C15H22F3N/c1-5-19-12(4)8-10(2)14-7-6-13(9-11(14)3)15(16,17)18/h6-7,9-10,12,19H,5,8H2,1-4H3. The molecule has 0 fully saturated rings. The normalized spacial score (nSPS) is 15.3. The van der Waals surface area contributed by atoms with Crippen molar-refractivity contribution in [2.24, 2.45) is 0 Å². The molecule has 0 saturated heterocycles. The molecule has 1 rings (SSSR count). The van der Waals surface area contributed by atoms with Gasteiger partial charge in [0.1, 0.15) is 0 Å². The van der Waals surface area contributed by atoms with Gasteiger partial charge in [0.2, 0.25) is 0 Å². The zero-order valence-electron chi connectivity index (χ0n) is 11.9. The van der Waals surface area contributed by atoms with Crippen LogP contribution in [-0.2, 0) is 6.18 Å². The molecule has 0 bridgehead atoms. The molecule has 1 aromatic rings. The maximum Gasteiger partial charge on any atom is 0.416 e. The number of alkyl halides is 3. The molecule has 0 aliphatic rings. The summed E-state index contributed by atoms with van der Waals surface area (Å²) in [4.78, 5) is 0. The molecule has 1 nitrogen and oxygen atoms in total. The Morgan fingerprint density at radius 3 is 2.32 bits per heavy atom. The van der Waals surface area contributed by atoms with Crippen molar-refractivity contribution < 1.29 is 13.2 Å². The van der Waals surface area contributed by atoms with Gasteiger partial charge >= 0.3 is 6.18 Å². The highest BCUT2D eigenvalue weighted by atomic mass is 19.4. The van der Waals surface area contributed by atoms with E-state index in [2.05, 4.69) is 19.2 Å². The second-order valence-corrected chi connectivity index (χ2v) is 5.16. The van der Waals surface area contributed by atoms with E-state index in [9.17, 15) is 13.2 Å². The molecule has 0 spiro atoms. The minimum atomic E-state index is -4.26. The van der Waals surface area contributed by atoms with Crippen molar-refractivity contribution in [2.45, 2.75) is 52.3 Å². The van der Waals surface area contributed by atoms with Gasteiger partial charge in [0, 0.05) is 6.04 Å². The number of benzene rings is 1. The summed E-state index contributed by atoms with van der Waals surface area (Å²) in [7, 11) is 0. The summed E-state index contributed by atoms with van der Waals surface area (Å²) in [6, 6.07) is 4.39. The van der Waals surface area contributed by atoms with Crippen molar-refractivity contribution in [1.29, 1.82) is 0 Å². The molecule has 0 aliphatic carbocycles. The maximum atomic E-state index is 12.6. The Bertz CT molecular complexity index is 412. The summed E-state index contributed by atoms with van der Waals surface area (Å²) < 4.78 is 37.8. The molecule has 108 valence electrons. The van der Waals surface area contributed by atoms with Crippen LogP contribution < -0.4 is 5.32 Å². The Balaban J connectivity index is 2.84. The molecular weight excluding hydrogens is 251 g/mol. The summed E-state index contributed by atoms with van der Waals surface area (Å²) in [5.41, 5.74) is 1.14. The maximum absolute atomic E-state index is 12.6. The van der Waals surface area contributed by atoms with Crippen LogP contribution in [0.25, 0.3) is 0 Å². The molecule has 0 aromatic heterocycles. The molecule has 2 atom stereocenters. The third-order valence-electron chi connectivity index (χ3n) is 3.39. The minimum absolute atomic E-state index is 0.247. The minimum Gasteiger partial charge on any atom is -0.315 e. The third kappa shape index (κ3) is 4.53. The van der Waals surface area contributed by atoms with Crippen molar-refractivity contribution in [3.05, 3.63) is 34.9 Å². The summed E-state index contributed by atoms with van der Waals surface area (Å²) in [5, 5.41) is 3.32. The van der Waals surface area contributed by atoms with Crippen LogP contribution in [0.2, 0.25) is 0 Å². The van der Waals surface area contributed by atoms with E-state index in [1.165, 1.54) is 12.1 Å². The summed E-state index contributed by atoms with van der Waals surface area (Å²) in [6.45, 7) is 8.85. The van der Waals surface area contributed by atoms with E-state index in [-0.39, 0.29) is 5.92 Å². The fourth-order valence-corrected chi connectivity index (χ4v) is 2.49. The molecule has 4 heteroatoms. The molecule has 0 radical (unpaired) electrons. The number of halogens is 3. The predicted molar refractivity (Wildman–Crippen MR) is 72.4 cm³/mol. The summed E-state index contributed by atoms with van der Waals surface area (Å²) in [6.07, 6.45) is -3.34. The predicted octanol–water partition coefficient (Wildman–Crippen LogP) is 4.51. The summed E-state index contributed by atoms with van der Waals surface area (Å²) in [5.74, 6) is 0.247. The highest BCUT2D eigenvalue weighted by Crippen LogP contribution is 2.32. The van der Waals surface area contributed by atoms with Crippen LogP contribution in [0.3, 0.4) is 0 Å². The van der Waals surface area contributed by atoms with E-state index >= 15 is 0 Å². The first-order valence-corrected chi connectivity index (χ1v) is 6.66. The zero-order chi connectivity index (χ0) is 14.6. The van der Waals surface area contributed by atoms with Crippen molar-refractivity contribution in [2.75, 3.05) is 6.54 Å². The van der Waals surface area contributed by atoms with Gasteiger partial charge < -0.3 is 5.32 Å². The Labute approximate surface area is 113 Å². The fourth-order valence-electron chi connectivity index (χ4n) is 2.49. The lowest BCUT2D eigenvalue weighted by Gasteiger charge is -2.20. The van der Waals surface area contributed by atoms with E-state index in [1.54, 1.807) is 13.0 Å². The fraction of sp³-hybridized carbons (Fsp3) is 0.600. The van der Waals surface area contributed by atoms with E-state index in [0.29, 0.717) is 11.6 Å². The van der Waals surface area contributed by atoms with Crippen molar-refractivity contribution >= 4 is 0 Å². The quantitative estimate of drug-likeness (QED) is 0.832. The van der Waals surface area contributed by atoms with Crippen LogP contribution in [0.4, 0.5) is 13.2 Å². The Morgan fingerprint density at radius 1 is 1.21 bits per heavy atom. The Kier molecular flexibility index (Phi) is 5.41. The van der Waals surface area contributed by atoms with Gasteiger partial charge in [0.05, 0.1) is 5.56 Å². The lowest BCUT2D eigenvalue weighted by molar-refractivity contribution is -0.137. The first-order chi connectivity index (χ1) is 8.75. The van der Waals surface area contributed by atoms with Gasteiger partial charge in [-0.15, -0.1) is 0 Å². The number of nitrogens with one attached hydrogen (secondary N) is 1. The molecule has 2 unspecified atom stereocenters. The van der Waals surface area contributed by atoms with E-state index in [4.69, 9.17) is 0 Å². The van der Waals surface area contributed by atoms with Gasteiger partial charge in [-0.25, -0.2) is 0 Å². The van der Waals surface area contributed by atoms with Crippen LogP contribution in [0.5, 0.6) is 0 Å². The molecule has 0 heterocycles. The lowest BCUT2D eigenvalue weighted by Crippen LogP contribution is -2.27. The second-order valence-electron chi connectivity index (χ2n) is 5.16. The first kappa shape index (κ1) is 16.0. The van der Waals surface area contributed by atoms with Gasteiger partial charge in [-0.2, -0.15) is 13.2 Å². The van der Waals surface area contributed by atoms with Crippen molar-refractivity contribution in [3.8, 4) is 0 Å². The highest BCUT2D eigenvalue weighted by Gasteiger charge is 2.30. The Hall–Kier alpha value is -1.03. The largest absolute Gasteiger partial charge is 0.416 e. The monoisotopic (exact) mass is 273 g/mol. The van der Waals surface area contributed by atoms with Crippen LogP contribution in [0.15, 0.2) is 18.2 Å². The van der Waals surface area contributed by atoms with Crippen LogP contribution in [-0.4, -0.2) is 12.6 Å². The highest BCUT2D eigenvalue weighted by molar-refractivity contribution is 5.34. The van der Waals surface area contributed by atoms with Crippen molar-refractivity contribution in [1.82, 2.24) is 5.32 Å². The molecular formula is C15H22F3N. The van der Waals surface area contributed by atoms with Crippen LogP contribution in [0.1, 0.15) is 49.8 Å². The van der Waals surface area contributed by atoms with Gasteiger partial charge in [-0.1, -0.05) is 19.9 Å². The summed E-state index contributed by atoms with van der Waals surface area (Å²) >= 11 is 0. The molecule has 1 aromatic carbocycles. The van der Waals surface area contributed by atoms with Crippen LogP contribution in [0, 0.1) is 6.92 Å².